The van der Waals surface area contributed by atoms with E-state index >= 15 is 0 Å². The molecule has 0 N–H and O–H groups in total. The van der Waals surface area contributed by atoms with E-state index in [2.05, 4.69) is 113 Å². The third-order valence-electron chi connectivity index (χ3n) is 7.07. The minimum absolute atomic E-state index is 0.257. The van der Waals surface area contributed by atoms with E-state index < -0.39 is 8.32 Å². The van der Waals surface area contributed by atoms with Gasteiger partial charge in [-0.25, -0.2) is 0 Å². The van der Waals surface area contributed by atoms with Crippen molar-refractivity contribution in [1.29, 1.82) is 0 Å². The Kier molecular flexibility index (Phi) is 9.99. The Balaban J connectivity index is 2.23. The van der Waals surface area contributed by atoms with Crippen LogP contribution < -0.4 is 0 Å². The summed E-state index contributed by atoms with van der Waals surface area (Å²) in [4.78, 5) is 2.72. The molecule has 0 heterocycles. The smallest absolute Gasteiger partial charge is 0.191 e. The molecular weight excluding hydrogens is 394 g/mol. The summed E-state index contributed by atoms with van der Waals surface area (Å²) in [7, 11) is -1.72. The molecule has 0 spiro atoms. The highest BCUT2D eigenvalue weighted by Gasteiger charge is 2.37. The molecular formula is C28H45NOSi. The van der Waals surface area contributed by atoms with Crippen molar-refractivity contribution in [3.8, 4) is 0 Å². The lowest BCUT2D eigenvalue weighted by atomic mass is 9.98. The molecule has 0 bridgehead atoms. The van der Waals surface area contributed by atoms with Crippen molar-refractivity contribution < 1.29 is 4.43 Å². The van der Waals surface area contributed by atoms with Gasteiger partial charge >= 0.3 is 0 Å². The van der Waals surface area contributed by atoms with Crippen LogP contribution in [0.5, 0.6) is 0 Å². The first-order chi connectivity index (χ1) is 14.7. The van der Waals surface area contributed by atoms with Crippen molar-refractivity contribution in [2.24, 2.45) is 0 Å². The Labute approximate surface area is 193 Å². The van der Waals surface area contributed by atoms with Gasteiger partial charge in [-0.15, -0.1) is 0 Å². The van der Waals surface area contributed by atoms with Crippen LogP contribution in [0.1, 0.15) is 77.5 Å². The Morgan fingerprint density at radius 1 is 0.903 bits per heavy atom. The van der Waals surface area contributed by atoms with Crippen molar-refractivity contribution >= 4 is 8.32 Å². The fourth-order valence-electron chi connectivity index (χ4n) is 3.88. The monoisotopic (exact) mass is 439 g/mol. The fourth-order valence-corrected chi connectivity index (χ4v) is 4.94. The zero-order chi connectivity index (χ0) is 22.9. The molecule has 0 aliphatic rings. The van der Waals surface area contributed by atoms with Gasteiger partial charge in [0.15, 0.2) is 8.32 Å². The minimum Gasteiger partial charge on any atom is -0.417 e. The van der Waals surface area contributed by atoms with Crippen molar-refractivity contribution in [2.45, 2.75) is 97.1 Å². The highest BCUT2D eigenvalue weighted by atomic mass is 28.4. The average Bonchev–Trinajstić information content (AvgIpc) is 2.74. The normalized spacial score (nSPS) is 14.6. The summed E-state index contributed by atoms with van der Waals surface area (Å²) in [6.07, 6.45) is 4.81. The first-order valence-electron chi connectivity index (χ1n) is 12.1. The van der Waals surface area contributed by atoms with Crippen LogP contribution in [0.3, 0.4) is 0 Å². The van der Waals surface area contributed by atoms with Crippen molar-refractivity contribution in [2.75, 3.05) is 6.61 Å². The maximum Gasteiger partial charge on any atom is 0.191 e. The average molecular weight is 440 g/mol. The van der Waals surface area contributed by atoms with Gasteiger partial charge < -0.3 is 4.43 Å². The second kappa shape index (κ2) is 12.0. The zero-order valence-corrected chi connectivity index (χ0v) is 22.0. The van der Waals surface area contributed by atoms with Gasteiger partial charge in [0, 0.05) is 25.2 Å². The molecule has 2 aromatic carbocycles. The molecule has 0 amide bonds. The molecule has 31 heavy (non-hydrogen) atoms. The quantitative estimate of drug-likeness (QED) is 0.309. The standard InChI is InChI=1S/C28H45NOSi/c1-8-9-20-27(21-22-30-31(6,7)28(3,4)5)29(23-25-16-12-10-13-17-25)24(2)26-18-14-11-15-19-26/h10-19,24,27H,8-9,20-23H2,1-7H3/t24-,27-/m0/s1. The van der Waals surface area contributed by atoms with E-state index in [4.69, 9.17) is 4.43 Å². The molecule has 3 heteroatoms. The Morgan fingerprint density at radius 2 is 1.48 bits per heavy atom. The van der Waals surface area contributed by atoms with Gasteiger partial charge in [-0.3, -0.25) is 4.90 Å². The highest BCUT2D eigenvalue weighted by molar-refractivity contribution is 6.74. The molecule has 0 fully saturated rings. The molecule has 2 aromatic rings. The largest absolute Gasteiger partial charge is 0.417 e. The third kappa shape index (κ3) is 7.89. The van der Waals surface area contributed by atoms with Crippen LogP contribution in [0, 0.1) is 0 Å². The summed E-state index contributed by atoms with van der Waals surface area (Å²) in [5.74, 6) is 0. The molecule has 0 saturated carbocycles. The van der Waals surface area contributed by atoms with E-state index in [-0.39, 0.29) is 5.04 Å². The van der Waals surface area contributed by atoms with E-state index in [1.54, 1.807) is 0 Å². The van der Waals surface area contributed by atoms with Crippen LogP contribution in [0.25, 0.3) is 0 Å². The van der Waals surface area contributed by atoms with Crippen molar-refractivity contribution in [1.82, 2.24) is 4.90 Å². The number of hydrogen-bond donors (Lipinski definition) is 0. The molecule has 172 valence electrons. The molecule has 2 nitrogen and oxygen atoms in total. The number of unbranched alkanes of at least 4 members (excludes halogenated alkanes) is 1. The molecule has 0 aromatic heterocycles. The van der Waals surface area contributed by atoms with Gasteiger partial charge in [0.25, 0.3) is 0 Å². The summed E-state index contributed by atoms with van der Waals surface area (Å²) in [6.45, 7) is 18.2. The Bertz CT molecular complexity index is 739. The van der Waals surface area contributed by atoms with E-state index in [9.17, 15) is 0 Å². The summed E-state index contributed by atoms with van der Waals surface area (Å²) >= 11 is 0. The Morgan fingerprint density at radius 3 is 2.03 bits per heavy atom. The van der Waals surface area contributed by atoms with Gasteiger partial charge in [0.1, 0.15) is 0 Å². The maximum atomic E-state index is 6.60. The molecule has 0 unspecified atom stereocenters. The Hall–Kier alpha value is -1.42. The number of benzene rings is 2. The highest BCUT2D eigenvalue weighted by Crippen LogP contribution is 2.37. The van der Waals surface area contributed by atoms with Gasteiger partial charge in [-0.1, -0.05) is 101 Å². The molecule has 0 radical (unpaired) electrons. The maximum absolute atomic E-state index is 6.60. The van der Waals surface area contributed by atoms with E-state index in [0.29, 0.717) is 12.1 Å². The van der Waals surface area contributed by atoms with Gasteiger partial charge in [0.05, 0.1) is 0 Å². The number of hydrogen-bond acceptors (Lipinski definition) is 2. The molecule has 0 aliphatic heterocycles. The predicted molar refractivity (Wildman–Crippen MR) is 138 cm³/mol. The first kappa shape index (κ1) is 25.8. The second-order valence-electron chi connectivity index (χ2n) is 10.4. The lowest BCUT2D eigenvalue weighted by Gasteiger charge is -2.39. The van der Waals surface area contributed by atoms with Gasteiger partial charge in [-0.05, 0) is 49.0 Å². The van der Waals surface area contributed by atoms with E-state index in [1.165, 1.54) is 30.4 Å². The summed E-state index contributed by atoms with van der Waals surface area (Å²) in [5, 5.41) is 0.257. The molecule has 0 aliphatic carbocycles. The van der Waals surface area contributed by atoms with Crippen LogP contribution >= 0.6 is 0 Å². The second-order valence-corrected chi connectivity index (χ2v) is 15.2. The topological polar surface area (TPSA) is 12.5 Å². The van der Waals surface area contributed by atoms with Crippen LogP contribution in [-0.4, -0.2) is 25.9 Å². The SMILES string of the molecule is CCCC[C@@H](CCO[Si](C)(C)C(C)(C)C)N(Cc1ccccc1)[C@@H](C)c1ccccc1. The van der Waals surface area contributed by atoms with E-state index in [1.807, 2.05) is 0 Å². The summed E-state index contributed by atoms with van der Waals surface area (Å²) in [6, 6.07) is 22.8. The van der Waals surface area contributed by atoms with Crippen LogP contribution in [0.2, 0.25) is 18.1 Å². The van der Waals surface area contributed by atoms with E-state index in [0.717, 1.165) is 19.6 Å². The van der Waals surface area contributed by atoms with Gasteiger partial charge in [0.2, 0.25) is 0 Å². The van der Waals surface area contributed by atoms with Crippen LogP contribution in [-0.2, 0) is 11.0 Å². The van der Waals surface area contributed by atoms with Crippen molar-refractivity contribution in [3.63, 3.8) is 0 Å². The molecule has 2 rings (SSSR count). The summed E-state index contributed by atoms with van der Waals surface area (Å²) in [5.41, 5.74) is 2.78. The van der Waals surface area contributed by atoms with Crippen molar-refractivity contribution in [3.05, 3.63) is 71.8 Å². The number of rotatable bonds is 12. The fraction of sp³-hybridized carbons (Fsp3) is 0.571. The molecule has 2 atom stereocenters. The van der Waals surface area contributed by atoms with Gasteiger partial charge in [-0.2, -0.15) is 0 Å². The number of nitrogens with zero attached hydrogens (tertiary/aromatic N) is 1. The van der Waals surface area contributed by atoms with Crippen LogP contribution in [0.4, 0.5) is 0 Å². The first-order valence-corrected chi connectivity index (χ1v) is 15.0. The third-order valence-corrected chi connectivity index (χ3v) is 11.6. The zero-order valence-electron chi connectivity index (χ0n) is 21.0. The minimum atomic E-state index is -1.72. The molecule has 0 saturated heterocycles. The predicted octanol–water partition coefficient (Wildman–Crippen LogP) is 8.22. The lowest BCUT2D eigenvalue weighted by molar-refractivity contribution is 0.102. The summed E-state index contributed by atoms with van der Waals surface area (Å²) < 4.78 is 6.60. The van der Waals surface area contributed by atoms with Crippen LogP contribution in [0.15, 0.2) is 60.7 Å². The lowest BCUT2D eigenvalue weighted by Crippen LogP contribution is -2.43.